The molecule has 24 heavy (non-hydrogen) atoms. The van der Waals surface area contributed by atoms with E-state index in [1.165, 1.54) is 33.8 Å². The Morgan fingerprint density at radius 1 is 1.08 bits per heavy atom. The summed E-state index contributed by atoms with van der Waals surface area (Å²) >= 11 is 0. The lowest BCUT2D eigenvalue weighted by molar-refractivity contribution is -0.104. The van der Waals surface area contributed by atoms with E-state index in [0.717, 1.165) is 31.4 Å². The summed E-state index contributed by atoms with van der Waals surface area (Å²) in [5.41, 5.74) is 6.15. The number of carbonyl (C=O) groups excluding carboxylic acids is 1. The zero-order valence-electron chi connectivity index (χ0n) is 13.9. The number of allylic oxidation sites excluding steroid dienone is 1. The molecule has 0 unspecified atom stereocenters. The molecule has 0 bridgehead atoms. The van der Waals surface area contributed by atoms with Crippen molar-refractivity contribution in [3.05, 3.63) is 77.0 Å². The number of aromatic nitrogens is 1. The molecule has 1 aromatic heterocycles. The van der Waals surface area contributed by atoms with E-state index in [-0.39, 0.29) is 0 Å². The van der Waals surface area contributed by atoms with Gasteiger partial charge in [-0.1, -0.05) is 48.5 Å². The average Bonchev–Trinajstić information content (AvgIpc) is 2.93. The first-order valence-corrected chi connectivity index (χ1v) is 8.25. The van der Waals surface area contributed by atoms with Crippen LogP contribution in [0, 0.1) is 6.92 Å². The molecule has 0 spiro atoms. The number of para-hydroxylation sites is 1. The van der Waals surface area contributed by atoms with E-state index in [0.29, 0.717) is 0 Å². The van der Waals surface area contributed by atoms with Crippen LogP contribution in [-0.2, 0) is 17.8 Å². The number of aldehydes is 1. The number of nitrogens with one attached hydrogen (secondary N) is 2. The normalized spacial score (nSPS) is 11.4. The van der Waals surface area contributed by atoms with Crippen LogP contribution in [0.2, 0.25) is 0 Å². The number of carbonyl (C=O) groups is 1. The molecule has 0 amide bonds. The van der Waals surface area contributed by atoms with E-state index in [1.54, 1.807) is 0 Å². The first kappa shape index (κ1) is 16.2. The van der Waals surface area contributed by atoms with Crippen molar-refractivity contribution in [1.82, 2.24) is 10.3 Å². The molecule has 3 nitrogen and oxygen atoms in total. The summed E-state index contributed by atoms with van der Waals surface area (Å²) in [5.74, 6) is 0. The van der Waals surface area contributed by atoms with E-state index in [2.05, 4.69) is 53.6 Å². The van der Waals surface area contributed by atoms with Crippen LogP contribution in [0.15, 0.2) is 54.6 Å². The first-order valence-electron chi connectivity index (χ1n) is 8.25. The SMILES string of the molecule is Cc1[nH]c2ccccc2c1CCNCc1ccc(/C=C/C=O)cc1. The Labute approximate surface area is 142 Å². The minimum Gasteiger partial charge on any atom is -0.358 e. The number of H-pyrrole nitrogens is 1. The third-order valence-corrected chi connectivity index (χ3v) is 4.25. The highest BCUT2D eigenvalue weighted by Gasteiger charge is 2.06. The minimum atomic E-state index is 0.794. The van der Waals surface area contributed by atoms with Gasteiger partial charge < -0.3 is 10.3 Å². The highest BCUT2D eigenvalue weighted by atomic mass is 16.1. The van der Waals surface area contributed by atoms with Crippen molar-refractivity contribution >= 4 is 23.3 Å². The number of aromatic amines is 1. The number of fused-ring (bicyclic) bond motifs is 1. The molecule has 1 heterocycles. The van der Waals surface area contributed by atoms with Crippen LogP contribution < -0.4 is 5.32 Å². The van der Waals surface area contributed by atoms with Crippen LogP contribution in [0.1, 0.15) is 22.4 Å². The van der Waals surface area contributed by atoms with E-state index >= 15 is 0 Å². The topological polar surface area (TPSA) is 44.9 Å². The first-order chi connectivity index (χ1) is 11.8. The molecule has 0 radical (unpaired) electrons. The summed E-state index contributed by atoms with van der Waals surface area (Å²) in [4.78, 5) is 13.8. The van der Waals surface area contributed by atoms with Gasteiger partial charge in [0, 0.05) is 23.1 Å². The molecule has 3 rings (SSSR count). The Bertz CT molecular complexity index is 844. The predicted molar refractivity (Wildman–Crippen MR) is 100.0 cm³/mol. The molecule has 2 N–H and O–H groups in total. The number of hydrogen-bond donors (Lipinski definition) is 2. The second kappa shape index (κ2) is 7.75. The predicted octanol–water partition coefficient (Wildman–Crippen LogP) is 4.02. The molecule has 0 aliphatic carbocycles. The van der Waals surface area contributed by atoms with Gasteiger partial charge in [-0.25, -0.2) is 0 Å². The fourth-order valence-electron chi connectivity index (χ4n) is 3.00. The van der Waals surface area contributed by atoms with Crippen LogP contribution in [0.4, 0.5) is 0 Å². The van der Waals surface area contributed by atoms with E-state index in [9.17, 15) is 4.79 Å². The monoisotopic (exact) mass is 318 g/mol. The van der Waals surface area contributed by atoms with Crippen LogP contribution in [0.3, 0.4) is 0 Å². The van der Waals surface area contributed by atoms with Crippen LogP contribution >= 0.6 is 0 Å². The molecular formula is C21H22N2O. The van der Waals surface area contributed by atoms with Gasteiger partial charge in [-0.3, -0.25) is 4.79 Å². The zero-order valence-corrected chi connectivity index (χ0v) is 13.9. The molecule has 0 saturated carbocycles. The molecule has 3 aromatic rings. The van der Waals surface area contributed by atoms with Gasteiger partial charge in [0.25, 0.3) is 0 Å². The fraction of sp³-hybridized carbons (Fsp3) is 0.190. The van der Waals surface area contributed by atoms with Crippen molar-refractivity contribution in [2.75, 3.05) is 6.54 Å². The van der Waals surface area contributed by atoms with Gasteiger partial charge in [-0.05, 0) is 48.7 Å². The van der Waals surface area contributed by atoms with Crippen molar-refractivity contribution in [2.24, 2.45) is 0 Å². The minimum absolute atomic E-state index is 0.794. The second-order valence-corrected chi connectivity index (χ2v) is 5.94. The Hall–Kier alpha value is -2.65. The molecule has 0 fully saturated rings. The van der Waals surface area contributed by atoms with Crippen molar-refractivity contribution in [1.29, 1.82) is 0 Å². The molecular weight excluding hydrogens is 296 g/mol. The highest BCUT2D eigenvalue weighted by molar-refractivity contribution is 5.84. The summed E-state index contributed by atoms with van der Waals surface area (Å²) in [6, 6.07) is 16.7. The Morgan fingerprint density at radius 2 is 1.88 bits per heavy atom. The highest BCUT2D eigenvalue weighted by Crippen LogP contribution is 2.21. The van der Waals surface area contributed by atoms with Crippen molar-refractivity contribution in [3.63, 3.8) is 0 Å². The Morgan fingerprint density at radius 3 is 2.67 bits per heavy atom. The lowest BCUT2D eigenvalue weighted by Crippen LogP contribution is -2.16. The lowest BCUT2D eigenvalue weighted by Gasteiger charge is -2.06. The Balaban J connectivity index is 1.54. The summed E-state index contributed by atoms with van der Waals surface area (Å²) in [7, 11) is 0. The van der Waals surface area contributed by atoms with Crippen LogP contribution in [-0.4, -0.2) is 17.8 Å². The smallest absolute Gasteiger partial charge is 0.142 e. The molecule has 0 aliphatic heterocycles. The van der Waals surface area contributed by atoms with Gasteiger partial charge >= 0.3 is 0 Å². The maximum Gasteiger partial charge on any atom is 0.142 e. The number of hydrogen-bond acceptors (Lipinski definition) is 2. The largest absolute Gasteiger partial charge is 0.358 e. The maximum absolute atomic E-state index is 10.3. The summed E-state index contributed by atoms with van der Waals surface area (Å²) in [6.45, 7) is 3.93. The molecule has 0 saturated heterocycles. The summed E-state index contributed by atoms with van der Waals surface area (Å²) in [5, 5.41) is 4.83. The van der Waals surface area contributed by atoms with Gasteiger partial charge in [0.05, 0.1) is 0 Å². The molecule has 2 aromatic carbocycles. The van der Waals surface area contributed by atoms with Gasteiger partial charge in [-0.15, -0.1) is 0 Å². The van der Waals surface area contributed by atoms with Gasteiger partial charge in [0.1, 0.15) is 6.29 Å². The van der Waals surface area contributed by atoms with Crippen LogP contribution in [0.5, 0.6) is 0 Å². The maximum atomic E-state index is 10.3. The van der Waals surface area contributed by atoms with E-state index in [4.69, 9.17) is 0 Å². The van der Waals surface area contributed by atoms with E-state index < -0.39 is 0 Å². The van der Waals surface area contributed by atoms with E-state index in [1.807, 2.05) is 18.2 Å². The quantitative estimate of drug-likeness (QED) is 0.392. The third-order valence-electron chi connectivity index (χ3n) is 4.25. The molecule has 3 heteroatoms. The Kier molecular flexibility index (Phi) is 5.24. The van der Waals surface area contributed by atoms with Gasteiger partial charge in [0.2, 0.25) is 0 Å². The number of rotatable bonds is 7. The fourth-order valence-corrected chi connectivity index (χ4v) is 3.00. The van der Waals surface area contributed by atoms with Crippen molar-refractivity contribution in [2.45, 2.75) is 19.9 Å². The second-order valence-electron chi connectivity index (χ2n) is 5.94. The summed E-state index contributed by atoms with van der Waals surface area (Å²) in [6.07, 6.45) is 5.12. The average molecular weight is 318 g/mol. The standard InChI is InChI=1S/C21H22N2O/c1-16-19(20-6-2-3-7-21(20)23-16)12-13-22-15-18-10-8-17(9-11-18)5-4-14-24/h2-11,14,22-23H,12-13,15H2,1H3/b5-4+. The molecule has 0 atom stereocenters. The number of aryl methyl sites for hydroxylation is 1. The van der Waals surface area contributed by atoms with Gasteiger partial charge in [-0.2, -0.15) is 0 Å². The lowest BCUT2D eigenvalue weighted by atomic mass is 10.1. The molecule has 122 valence electrons. The van der Waals surface area contributed by atoms with Crippen molar-refractivity contribution in [3.8, 4) is 0 Å². The van der Waals surface area contributed by atoms with Crippen LogP contribution in [0.25, 0.3) is 17.0 Å². The molecule has 0 aliphatic rings. The van der Waals surface area contributed by atoms with Gasteiger partial charge in [0.15, 0.2) is 0 Å². The van der Waals surface area contributed by atoms with Crippen molar-refractivity contribution < 1.29 is 4.79 Å². The third kappa shape index (κ3) is 3.81. The zero-order chi connectivity index (χ0) is 16.8. The number of benzene rings is 2. The summed E-state index contributed by atoms with van der Waals surface area (Å²) < 4.78 is 0.